The van der Waals surface area contributed by atoms with E-state index in [1.807, 2.05) is 41.3 Å². The molecule has 2 aliphatic heterocycles. The van der Waals surface area contributed by atoms with Gasteiger partial charge in [-0.2, -0.15) is 0 Å². The van der Waals surface area contributed by atoms with Gasteiger partial charge >= 0.3 is 5.97 Å². The summed E-state index contributed by atoms with van der Waals surface area (Å²) in [6.07, 6.45) is 10.3. The first kappa shape index (κ1) is 32.1. The minimum absolute atomic E-state index is 0.0332. The minimum Gasteiger partial charge on any atom is -0.478 e. The molecule has 0 saturated carbocycles. The number of nitrogens with zero attached hydrogens (tertiary/aromatic N) is 4. The molecule has 248 valence electrons. The normalized spacial score (nSPS) is 21.0. The first-order valence-electron chi connectivity index (χ1n) is 17.5. The molecular weight excluding hydrogens is 596 g/mol. The van der Waals surface area contributed by atoms with Gasteiger partial charge in [-0.15, -0.1) is 0 Å². The van der Waals surface area contributed by atoms with Crippen LogP contribution in [0.4, 0.5) is 0 Å². The Bertz CT molecular complexity index is 1910. The molecule has 0 unspecified atom stereocenters. The number of carbonyl (C=O) groups is 2. The number of benzene rings is 3. The Morgan fingerprint density at radius 3 is 2.35 bits per heavy atom. The van der Waals surface area contributed by atoms with E-state index >= 15 is 0 Å². The van der Waals surface area contributed by atoms with Gasteiger partial charge in [-0.1, -0.05) is 87.4 Å². The van der Waals surface area contributed by atoms with Gasteiger partial charge in [0.1, 0.15) is 5.82 Å². The average Bonchev–Trinajstić information content (AvgIpc) is 3.46. The number of aromatic carboxylic acids is 1. The van der Waals surface area contributed by atoms with Crippen molar-refractivity contribution in [1.82, 2.24) is 19.4 Å². The number of carboxylic acids is 1. The highest BCUT2D eigenvalue weighted by Gasteiger charge is 2.46. The van der Waals surface area contributed by atoms with Gasteiger partial charge in [0.15, 0.2) is 0 Å². The van der Waals surface area contributed by atoms with Crippen LogP contribution >= 0.6 is 0 Å². The van der Waals surface area contributed by atoms with Crippen LogP contribution in [0.25, 0.3) is 28.0 Å². The molecule has 1 aliphatic carbocycles. The molecule has 7 heteroatoms. The van der Waals surface area contributed by atoms with Crippen molar-refractivity contribution in [3.05, 3.63) is 107 Å². The summed E-state index contributed by atoms with van der Waals surface area (Å²) in [5.41, 5.74) is 7.03. The van der Waals surface area contributed by atoms with Crippen LogP contribution in [0.15, 0.2) is 90.5 Å². The second-order valence-corrected chi connectivity index (χ2v) is 14.6. The first-order chi connectivity index (χ1) is 23.2. The lowest BCUT2D eigenvalue weighted by Crippen LogP contribution is -2.48. The molecule has 0 radical (unpaired) electrons. The van der Waals surface area contributed by atoms with E-state index < -0.39 is 5.97 Å². The third kappa shape index (κ3) is 5.89. The quantitative estimate of drug-likeness (QED) is 0.196. The minimum atomic E-state index is -0.919. The number of likely N-dealkylation sites (tertiary alicyclic amines) is 1. The number of amides is 1. The Morgan fingerprint density at radius 1 is 0.854 bits per heavy atom. The van der Waals surface area contributed by atoms with E-state index in [1.54, 1.807) is 12.1 Å². The molecule has 1 saturated heterocycles. The monoisotopic (exact) mass is 642 g/mol. The highest BCUT2D eigenvalue weighted by Crippen LogP contribution is 2.55. The molecule has 48 heavy (non-hydrogen) atoms. The molecule has 7 rings (SSSR count). The predicted molar refractivity (Wildman–Crippen MR) is 192 cm³/mol. The highest BCUT2D eigenvalue weighted by molar-refractivity contribution is 6.01. The topological polar surface area (TPSA) is 78.7 Å². The van der Waals surface area contributed by atoms with Crippen LogP contribution in [-0.2, 0) is 6.54 Å². The van der Waals surface area contributed by atoms with Crippen LogP contribution in [-0.4, -0.2) is 69.1 Å². The number of imidazole rings is 1. The summed E-state index contributed by atoms with van der Waals surface area (Å²) in [6, 6.07) is 23.5. The van der Waals surface area contributed by atoms with Crippen molar-refractivity contribution in [2.24, 2.45) is 10.8 Å². The van der Waals surface area contributed by atoms with E-state index in [0.29, 0.717) is 18.7 Å². The van der Waals surface area contributed by atoms with Crippen LogP contribution in [0, 0.1) is 10.8 Å². The van der Waals surface area contributed by atoms with Gasteiger partial charge in [-0.3, -0.25) is 4.79 Å². The van der Waals surface area contributed by atoms with Crippen LogP contribution < -0.4 is 0 Å². The van der Waals surface area contributed by atoms with Crippen LogP contribution in [0.1, 0.15) is 79.2 Å². The van der Waals surface area contributed by atoms with Crippen molar-refractivity contribution in [3.8, 4) is 11.4 Å². The number of aromatic nitrogens is 2. The molecular formula is C41H46N4O3. The van der Waals surface area contributed by atoms with Gasteiger partial charge in [0.2, 0.25) is 0 Å². The van der Waals surface area contributed by atoms with Crippen molar-refractivity contribution < 1.29 is 14.7 Å². The molecule has 4 aromatic rings. The highest BCUT2D eigenvalue weighted by atomic mass is 16.4. The van der Waals surface area contributed by atoms with Gasteiger partial charge in [-0.05, 0) is 86.8 Å². The van der Waals surface area contributed by atoms with Crippen molar-refractivity contribution in [2.45, 2.75) is 59.4 Å². The largest absolute Gasteiger partial charge is 0.478 e. The van der Waals surface area contributed by atoms with Gasteiger partial charge in [-0.25, -0.2) is 9.78 Å². The maximum Gasteiger partial charge on any atom is 0.335 e. The summed E-state index contributed by atoms with van der Waals surface area (Å²) < 4.78 is 2.32. The number of fused-ring (bicyclic) bond motifs is 2. The van der Waals surface area contributed by atoms with Gasteiger partial charge in [0.25, 0.3) is 5.91 Å². The molecule has 1 atom stereocenters. The number of piperidine rings is 1. The molecule has 0 spiro atoms. The number of carbonyl (C=O) groups excluding carboxylic acids is 1. The lowest BCUT2D eigenvalue weighted by Gasteiger charge is -2.50. The second kappa shape index (κ2) is 12.8. The lowest BCUT2D eigenvalue weighted by molar-refractivity contribution is 0.0679. The Morgan fingerprint density at radius 2 is 1.58 bits per heavy atom. The van der Waals surface area contributed by atoms with Crippen molar-refractivity contribution in [2.75, 3.05) is 32.7 Å². The molecule has 1 amide bonds. The fraction of sp³-hybridized carbons (Fsp3) is 0.390. The van der Waals surface area contributed by atoms with E-state index in [2.05, 4.69) is 66.7 Å². The maximum absolute atomic E-state index is 14.5. The van der Waals surface area contributed by atoms with E-state index in [9.17, 15) is 14.7 Å². The van der Waals surface area contributed by atoms with Crippen LogP contribution in [0.2, 0.25) is 0 Å². The Kier molecular flexibility index (Phi) is 8.58. The number of hydrogen-bond acceptors (Lipinski definition) is 4. The smallest absolute Gasteiger partial charge is 0.335 e. The Hall–Kier alpha value is -4.49. The van der Waals surface area contributed by atoms with Gasteiger partial charge in [0, 0.05) is 36.0 Å². The SMILES string of the molecule is CC1(C)C(c2ccc(C(=O)O)cc2)=CC[C@]2(C)CN(C(=O)c3ccccc3-c3nc4ccccc4n3CCCN3CCCCC3)CC=C12. The van der Waals surface area contributed by atoms with Gasteiger partial charge < -0.3 is 19.5 Å². The maximum atomic E-state index is 14.5. The number of allylic oxidation sites excluding steroid dienone is 2. The Balaban J connectivity index is 1.16. The molecule has 3 aliphatic rings. The zero-order valence-electron chi connectivity index (χ0n) is 28.4. The first-order valence-corrected chi connectivity index (χ1v) is 17.5. The summed E-state index contributed by atoms with van der Waals surface area (Å²) in [7, 11) is 0. The molecule has 7 nitrogen and oxygen atoms in total. The fourth-order valence-electron chi connectivity index (χ4n) is 8.53. The summed E-state index contributed by atoms with van der Waals surface area (Å²) >= 11 is 0. The van der Waals surface area contributed by atoms with E-state index in [1.165, 1.54) is 43.5 Å². The Labute approximate surface area is 283 Å². The second-order valence-electron chi connectivity index (χ2n) is 14.6. The zero-order chi connectivity index (χ0) is 33.5. The third-order valence-electron chi connectivity index (χ3n) is 10.9. The number of hydrogen-bond donors (Lipinski definition) is 1. The molecule has 1 fully saturated rings. The van der Waals surface area contributed by atoms with E-state index in [4.69, 9.17) is 4.98 Å². The molecule has 1 aromatic heterocycles. The average molecular weight is 643 g/mol. The van der Waals surface area contributed by atoms with Crippen molar-refractivity contribution in [1.29, 1.82) is 0 Å². The summed E-state index contributed by atoms with van der Waals surface area (Å²) in [5, 5.41) is 9.37. The van der Waals surface area contributed by atoms with Crippen molar-refractivity contribution >= 4 is 28.5 Å². The van der Waals surface area contributed by atoms with Crippen molar-refractivity contribution in [3.63, 3.8) is 0 Å². The summed E-state index contributed by atoms with van der Waals surface area (Å²) in [5.74, 6) is -0.0260. The number of rotatable bonds is 8. The zero-order valence-corrected chi connectivity index (χ0v) is 28.4. The lowest BCUT2D eigenvalue weighted by atomic mass is 9.58. The van der Waals surface area contributed by atoms with Crippen LogP contribution in [0.3, 0.4) is 0 Å². The van der Waals surface area contributed by atoms with Gasteiger partial charge in [0.05, 0.1) is 22.2 Å². The number of para-hydroxylation sites is 2. The third-order valence-corrected chi connectivity index (χ3v) is 10.9. The molecule has 3 aromatic carbocycles. The molecule has 3 heterocycles. The fourth-order valence-corrected chi connectivity index (χ4v) is 8.53. The summed E-state index contributed by atoms with van der Waals surface area (Å²) in [4.78, 5) is 35.6. The van der Waals surface area contributed by atoms with Crippen LogP contribution in [0.5, 0.6) is 0 Å². The number of aryl methyl sites for hydroxylation is 1. The predicted octanol–water partition coefficient (Wildman–Crippen LogP) is 8.18. The molecule has 1 N–H and O–H groups in total. The molecule has 0 bridgehead atoms. The summed E-state index contributed by atoms with van der Waals surface area (Å²) in [6.45, 7) is 12.2. The van der Waals surface area contributed by atoms with E-state index in [0.717, 1.165) is 53.9 Å². The number of carboxylic acid groups (broad SMARTS) is 1. The standard InChI is InChI=1S/C41H46N4O3/c1-40(2)33(29-16-18-30(19-17-29)39(47)48)20-22-41(3)28-44(27-21-36(40)41)38(46)32-13-6-5-12-31(32)37-42-34-14-7-8-15-35(34)45(37)26-11-25-43-23-9-4-10-24-43/h5-8,12-21H,4,9-11,22-28H2,1-3H3,(H,47,48)/t41-/m1/s1. The van der Waals surface area contributed by atoms with E-state index in [-0.39, 0.29) is 22.3 Å².